The number of rotatable bonds is 5. The normalized spacial score (nSPS) is 20.1. The van der Waals surface area contributed by atoms with Crippen molar-refractivity contribution in [2.24, 2.45) is 10.9 Å². The highest BCUT2D eigenvalue weighted by Crippen LogP contribution is 2.13. The van der Waals surface area contributed by atoms with E-state index in [-0.39, 0.29) is 0 Å². The van der Waals surface area contributed by atoms with Crippen molar-refractivity contribution in [1.29, 1.82) is 0 Å². The maximum absolute atomic E-state index is 11.9. The highest BCUT2D eigenvalue weighted by atomic mass is 16.6. The van der Waals surface area contributed by atoms with E-state index < -0.39 is 17.2 Å². The van der Waals surface area contributed by atoms with Crippen molar-refractivity contribution in [3.8, 4) is 0 Å². The second kappa shape index (κ2) is 9.27. The van der Waals surface area contributed by atoms with Gasteiger partial charge in [-0.15, -0.1) is 0 Å². The van der Waals surface area contributed by atoms with Gasteiger partial charge in [0.1, 0.15) is 5.60 Å². The molecule has 1 aliphatic heterocycles. The zero-order chi connectivity index (χ0) is 19.1. The number of ether oxygens (including phenoxy) is 1. The topological polar surface area (TPSA) is 78.0 Å². The van der Waals surface area contributed by atoms with E-state index in [1.54, 1.807) is 7.05 Å². The van der Waals surface area contributed by atoms with Crippen molar-refractivity contribution >= 4 is 12.1 Å². The minimum atomic E-state index is -0.502. The highest BCUT2D eigenvalue weighted by molar-refractivity contribution is 5.79. The molecular weight excluding hydrogens is 318 g/mol. The van der Waals surface area contributed by atoms with E-state index in [1.165, 1.54) is 19.4 Å². The molecular formula is C18H37N5O2. The second-order valence-corrected chi connectivity index (χ2v) is 8.59. The Balaban J connectivity index is 2.38. The van der Waals surface area contributed by atoms with Gasteiger partial charge in [0.2, 0.25) is 0 Å². The molecule has 7 nitrogen and oxygen atoms in total. The number of amides is 1. The zero-order valence-corrected chi connectivity index (χ0v) is 17.0. The molecule has 0 bridgehead atoms. The Morgan fingerprint density at radius 1 is 1.24 bits per heavy atom. The number of carbonyl (C=O) groups excluding carboxylic acids is 1. The number of nitrogens with one attached hydrogen (secondary N) is 3. The van der Waals surface area contributed by atoms with Gasteiger partial charge in [-0.25, -0.2) is 4.79 Å². The number of alkyl carbamates (subject to hydrolysis) is 1. The maximum Gasteiger partial charge on any atom is 0.408 e. The Bertz CT molecular complexity index is 457. The predicted octanol–water partition coefficient (Wildman–Crippen LogP) is 1.80. The van der Waals surface area contributed by atoms with Gasteiger partial charge in [0.15, 0.2) is 5.96 Å². The Labute approximate surface area is 153 Å². The van der Waals surface area contributed by atoms with E-state index in [0.29, 0.717) is 12.5 Å². The summed E-state index contributed by atoms with van der Waals surface area (Å²) in [5, 5.41) is 9.57. The fourth-order valence-electron chi connectivity index (χ4n) is 2.83. The van der Waals surface area contributed by atoms with Gasteiger partial charge in [0.25, 0.3) is 0 Å². The van der Waals surface area contributed by atoms with Gasteiger partial charge in [-0.05, 0) is 67.0 Å². The molecule has 0 aliphatic carbocycles. The molecule has 0 radical (unpaired) electrons. The van der Waals surface area contributed by atoms with Crippen LogP contribution in [0.4, 0.5) is 4.79 Å². The lowest BCUT2D eigenvalue weighted by Crippen LogP contribution is -2.54. The molecule has 0 aromatic heterocycles. The van der Waals surface area contributed by atoms with Crippen LogP contribution in [0.25, 0.3) is 0 Å². The van der Waals surface area contributed by atoms with E-state index in [0.717, 1.165) is 19.0 Å². The molecule has 3 N–H and O–H groups in total. The Kier molecular flexibility index (Phi) is 7.99. The quantitative estimate of drug-likeness (QED) is 0.518. The number of piperidine rings is 1. The van der Waals surface area contributed by atoms with Crippen LogP contribution in [0, 0.1) is 5.92 Å². The number of nitrogens with zero attached hydrogens (tertiary/aromatic N) is 2. The lowest BCUT2D eigenvalue weighted by atomic mass is 9.98. The van der Waals surface area contributed by atoms with Crippen LogP contribution >= 0.6 is 0 Å². The summed E-state index contributed by atoms with van der Waals surface area (Å²) in [4.78, 5) is 18.6. The van der Waals surface area contributed by atoms with Gasteiger partial charge >= 0.3 is 6.09 Å². The zero-order valence-electron chi connectivity index (χ0n) is 17.0. The number of aliphatic imine (C=N–C) groups is 1. The third-order valence-corrected chi connectivity index (χ3v) is 4.04. The third-order valence-electron chi connectivity index (χ3n) is 4.04. The van der Waals surface area contributed by atoms with Gasteiger partial charge in [0, 0.05) is 26.7 Å². The lowest BCUT2D eigenvalue weighted by molar-refractivity contribution is 0.0474. The maximum atomic E-state index is 11.9. The van der Waals surface area contributed by atoms with E-state index in [4.69, 9.17) is 4.74 Å². The average Bonchev–Trinajstić information content (AvgIpc) is 2.44. The molecule has 1 aliphatic rings. The van der Waals surface area contributed by atoms with Crippen molar-refractivity contribution in [3.63, 3.8) is 0 Å². The molecule has 1 rings (SSSR count). The van der Waals surface area contributed by atoms with Crippen LogP contribution in [0.1, 0.15) is 47.5 Å². The van der Waals surface area contributed by atoms with Gasteiger partial charge < -0.3 is 25.6 Å². The average molecular weight is 356 g/mol. The van der Waals surface area contributed by atoms with Crippen LogP contribution in [-0.2, 0) is 4.74 Å². The largest absolute Gasteiger partial charge is 0.444 e. The Hall–Kier alpha value is -1.50. The van der Waals surface area contributed by atoms with Crippen molar-refractivity contribution in [2.75, 3.05) is 40.3 Å². The molecule has 0 spiro atoms. The monoisotopic (exact) mass is 355 g/mol. The molecule has 1 atom stereocenters. The highest BCUT2D eigenvalue weighted by Gasteiger charge is 2.25. The van der Waals surface area contributed by atoms with Crippen molar-refractivity contribution in [2.45, 2.75) is 58.6 Å². The van der Waals surface area contributed by atoms with Crippen LogP contribution in [0.15, 0.2) is 4.99 Å². The molecule has 0 aromatic carbocycles. The summed E-state index contributed by atoms with van der Waals surface area (Å²) in [6.07, 6.45) is 2.09. The minimum absolute atomic E-state index is 0.410. The summed E-state index contributed by atoms with van der Waals surface area (Å²) >= 11 is 0. The number of hydrogen-bond donors (Lipinski definition) is 3. The first kappa shape index (κ1) is 21.5. The first-order valence-corrected chi connectivity index (χ1v) is 9.15. The fourth-order valence-corrected chi connectivity index (χ4v) is 2.83. The second-order valence-electron chi connectivity index (χ2n) is 8.59. The van der Waals surface area contributed by atoms with E-state index >= 15 is 0 Å². The standard InChI is InChI=1S/C18H37N5O2/c1-17(2,3)25-16(24)22-18(4,5)13-21-15(19-6)20-11-14-9-8-10-23(7)12-14/h14H,8-13H2,1-7H3,(H,22,24)(H2,19,20,21). The first-order valence-electron chi connectivity index (χ1n) is 9.15. The molecule has 146 valence electrons. The van der Waals surface area contributed by atoms with Crippen molar-refractivity contribution in [3.05, 3.63) is 0 Å². The smallest absolute Gasteiger partial charge is 0.408 e. The third kappa shape index (κ3) is 9.53. The Morgan fingerprint density at radius 3 is 2.48 bits per heavy atom. The van der Waals surface area contributed by atoms with Crippen LogP contribution in [-0.4, -0.2) is 68.4 Å². The number of guanidine groups is 1. The van der Waals surface area contributed by atoms with Crippen LogP contribution < -0.4 is 16.0 Å². The van der Waals surface area contributed by atoms with Crippen molar-refractivity contribution < 1.29 is 9.53 Å². The van der Waals surface area contributed by atoms with E-state index in [9.17, 15) is 4.79 Å². The molecule has 25 heavy (non-hydrogen) atoms. The summed E-state index contributed by atoms with van der Waals surface area (Å²) in [5.41, 5.74) is -0.955. The van der Waals surface area contributed by atoms with Gasteiger partial charge in [-0.3, -0.25) is 4.99 Å². The van der Waals surface area contributed by atoms with E-state index in [2.05, 4.69) is 32.9 Å². The van der Waals surface area contributed by atoms with E-state index in [1.807, 2.05) is 34.6 Å². The molecule has 7 heteroatoms. The molecule has 1 amide bonds. The van der Waals surface area contributed by atoms with Crippen LogP contribution in [0.3, 0.4) is 0 Å². The number of carbonyl (C=O) groups is 1. The molecule has 1 heterocycles. The predicted molar refractivity (Wildman–Crippen MR) is 103 cm³/mol. The van der Waals surface area contributed by atoms with Crippen LogP contribution in [0.2, 0.25) is 0 Å². The Morgan fingerprint density at radius 2 is 1.92 bits per heavy atom. The SMILES string of the molecule is CN=C(NCC1CCCN(C)C1)NCC(C)(C)NC(=O)OC(C)(C)C. The fraction of sp³-hybridized carbons (Fsp3) is 0.889. The summed E-state index contributed by atoms with van der Waals surface area (Å²) in [6.45, 7) is 13.2. The van der Waals surface area contributed by atoms with Crippen LogP contribution in [0.5, 0.6) is 0 Å². The molecule has 0 aromatic rings. The minimum Gasteiger partial charge on any atom is -0.444 e. The summed E-state index contributed by atoms with van der Waals surface area (Å²) in [6, 6.07) is 0. The molecule has 0 saturated carbocycles. The number of hydrogen-bond acceptors (Lipinski definition) is 4. The van der Waals surface area contributed by atoms with Gasteiger partial charge in [0.05, 0.1) is 5.54 Å². The first-order chi connectivity index (χ1) is 11.5. The molecule has 1 unspecified atom stereocenters. The lowest BCUT2D eigenvalue weighted by Gasteiger charge is -2.31. The summed E-state index contributed by atoms with van der Waals surface area (Å²) < 4.78 is 5.32. The summed E-state index contributed by atoms with van der Waals surface area (Å²) in [5.74, 6) is 1.40. The van der Waals surface area contributed by atoms with Crippen molar-refractivity contribution in [1.82, 2.24) is 20.9 Å². The molecule has 1 fully saturated rings. The van der Waals surface area contributed by atoms with Gasteiger partial charge in [-0.1, -0.05) is 0 Å². The van der Waals surface area contributed by atoms with Gasteiger partial charge in [-0.2, -0.15) is 0 Å². The number of likely N-dealkylation sites (tertiary alicyclic amines) is 1. The molecule has 1 saturated heterocycles. The summed E-state index contributed by atoms with van der Waals surface area (Å²) in [7, 11) is 3.93.